The third kappa shape index (κ3) is 3.28. The summed E-state index contributed by atoms with van der Waals surface area (Å²) in [7, 11) is -0.335. The zero-order chi connectivity index (χ0) is 13.8. The second-order valence-corrected chi connectivity index (χ2v) is 11.5. The van der Waals surface area contributed by atoms with Gasteiger partial charge in [-0.1, -0.05) is 39.8 Å². The SMILES string of the molecule is COCOc1ccc([Si](Cl)(C(C)C)C(C)C)cc1. The zero-order valence-corrected chi connectivity index (χ0v) is 13.6. The molecule has 0 fully saturated rings. The molecule has 0 aliphatic carbocycles. The molecule has 0 radical (unpaired) electrons. The van der Waals surface area contributed by atoms with E-state index in [1.165, 1.54) is 5.19 Å². The number of halogens is 1. The molecule has 0 aliphatic heterocycles. The fourth-order valence-corrected chi connectivity index (χ4v) is 5.99. The van der Waals surface area contributed by atoms with Gasteiger partial charge in [-0.2, -0.15) is 11.1 Å². The molecule has 0 aromatic heterocycles. The molecule has 18 heavy (non-hydrogen) atoms. The lowest BCUT2D eigenvalue weighted by atomic mass is 10.3. The Hall–Kier alpha value is -0.513. The van der Waals surface area contributed by atoms with E-state index in [1.807, 2.05) is 12.1 Å². The van der Waals surface area contributed by atoms with E-state index in [4.69, 9.17) is 20.6 Å². The van der Waals surface area contributed by atoms with Gasteiger partial charge >= 0.3 is 0 Å². The van der Waals surface area contributed by atoms with Crippen LogP contribution in [0.5, 0.6) is 5.75 Å². The van der Waals surface area contributed by atoms with Crippen LogP contribution >= 0.6 is 11.1 Å². The molecule has 0 atom stereocenters. The molecule has 0 saturated carbocycles. The van der Waals surface area contributed by atoms with Gasteiger partial charge in [0.1, 0.15) is 5.75 Å². The van der Waals surface area contributed by atoms with E-state index < -0.39 is 7.38 Å². The minimum absolute atomic E-state index is 0.275. The highest BCUT2D eigenvalue weighted by atomic mass is 35.6. The summed E-state index contributed by atoms with van der Waals surface area (Å²) in [4.78, 5) is 0. The van der Waals surface area contributed by atoms with Crippen molar-refractivity contribution in [2.24, 2.45) is 0 Å². The molecular formula is C14H23ClO2Si. The molecule has 0 saturated heterocycles. The normalized spacial score (nSPS) is 12.2. The summed E-state index contributed by atoms with van der Waals surface area (Å²) >= 11 is 6.96. The summed E-state index contributed by atoms with van der Waals surface area (Å²) in [6.07, 6.45) is 0. The van der Waals surface area contributed by atoms with Crippen molar-refractivity contribution >= 4 is 23.6 Å². The maximum absolute atomic E-state index is 6.96. The Morgan fingerprint density at radius 3 is 1.94 bits per heavy atom. The molecule has 102 valence electrons. The van der Waals surface area contributed by atoms with Gasteiger partial charge in [0, 0.05) is 7.11 Å². The minimum atomic E-state index is -1.95. The van der Waals surface area contributed by atoms with Crippen LogP contribution in [0.25, 0.3) is 0 Å². The third-order valence-corrected chi connectivity index (χ3v) is 11.2. The van der Waals surface area contributed by atoms with Crippen molar-refractivity contribution in [2.75, 3.05) is 13.9 Å². The van der Waals surface area contributed by atoms with Crippen LogP contribution in [-0.2, 0) is 4.74 Å². The highest BCUT2D eigenvalue weighted by Gasteiger charge is 2.40. The van der Waals surface area contributed by atoms with Crippen LogP contribution in [0.1, 0.15) is 27.7 Å². The monoisotopic (exact) mass is 286 g/mol. The summed E-state index contributed by atoms with van der Waals surface area (Å²) in [5.41, 5.74) is 1.01. The van der Waals surface area contributed by atoms with Gasteiger partial charge in [-0.05, 0) is 28.4 Å². The number of ether oxygens (including phenoxy) is 2. The maximum atomic E-state index is 6.96. The molecule has 0 amide bonds. The Bertz CT molecular complexity index is 355. The molecule has 0 aliphatic rings. The van der Waals surface area contributed by atoms with Crippen molar-refractivity contribution in [2.45, 2.75) is 38.8 Å². The number of methoxy groups -OCH3 is 1. The Labute approximate surface area is 116 Å². The van der Waals surface area contributed by atoms with Gasteiger partial charge < -0.3 is 9.47 Å². The minimum Gasteiger partial charge on any atom is -0.468 e. The Morgan fingerprint density at radius 2 is 1.56 bits per heavy atom. The predicted molar refractivity (Wildman–Crippen MR) is 80.4 cm³/mol. The van der Waals surface area contributed by atoms with Crippen molar-refractivity contribution in [3.8, 4) is 5.75 Å². The highest BCUT2D eigenvalue weighted by Crippen LogP contribution is 2.35. The largest absolute Gasteiger partial charge is 0.468 e. The fraction of sp³-hybridized carbons (Fsp3) is 0.571. The highest BCUT2D eigenvalue weighted by molar-refractivity contribution is 7.28. The van der Waals surface area contributed by atoms with Gasteiger partial charge in [-0.15, -0.1) is 0 Å². The molecule has 1 aromatic carbocycles. The van der Waals surface area contributed by atoms with E-state index in [-0.39, 0.29) is 6.79 Å². The molecule has 0 spiro atoms. The Kier molecular flexibility index (Phi) is 5.69. The summed E-state index contributed by atoms with van der Waals surface area (Å²) in [5, 5.41) is 1.28. The van der Waals surface area contributed by atoms with Crippen molar-refractivity contribution in [1.82, 2.24) is 0 Å². The first-order valence-corrected chi connectivity index (χ1v) is 9.50. The van der Waals surface area contributed by atoms with Crippen LogP contribution < -0.4 is 9.92 Å². The second kappa shape index (κ2) is 6.59. The fourth-order valence-electron chi connectivity index (χ4n) is 2.27. The average molecular weight is 287 g/mol. The molecule has 2 nitrogen and oxygen atoms in total. The van der Waals surface area contributed by atoms with Gasteiger partial charge in [-0.3, -0.25) is 0 Å². The van der Waals surface area contributed by atoms with E-state index in [0.29, 0.717) is 11.1 Å². The molecule has 0 unspecified atom stereocenters. The van der Waals surface area contributed by atoms with E-state index in [0.717, 1.165) is 5.75 Å². The summed E-state index contributed by atoms with van der Waals surface area (Å²) in [6, 6.07) is 8.15. The van der Waals surface area contributed by atoms with Crippen molar-refractivity contribution in [3.05, 3.63) is 24.3 Å². The topological polar surface area (TPSA) is 18.5 Å². The van der Waals surface area contributed by atoms with Gasteiger partial charge in [0.25, 0.3) is 0 Å². The lowest BCUT2D eigenvalue weighted by Gasteiger charge is -2.33. The second-order valence-electron chi connectivity index (χ2n) is 5.15. The smallest absolute Gasteiger partial charge is 0.191 e. The summed E-state index contributed by atoms with van der Waals surface area (Å²) < 4.78 is 10.3. The van der Waals surface area contributed by atoms with Gasteiger partial charge in [0.05, 0.1) is 0 Å². The molecular weight excluding hydrogens is 264 g/mol. The number of hydrogen-bond acceptors (Lipinski definition) is 2. The Balaban J connectivity index is 2.95. The molecule has 0 heterocycles. The van der Waals surface area contributed by atoms with Crippen LogP contribution in [0.3, 0.4) is 0 Å². The average Bonchev–Trinajstić information content (AvgIpc) is 2.35. The quantitative estimate of drug-likeness (QED) is 0.449. The molecule has 0 N–H and O–H groups in total. The first-order chi connectivity index (χ1) is 8.42. The molecule has 1 rings (SSSR count). The van der Waals surface area contributed by atoms with Gasteiger partial charge in [0.2, 0.25) is 0 Å². The van der Waals surface area contributed by atoms with Crippen LogP contribution in [0.4, 0.5) is 0 Å². The van der Waals surface area contributed by atoms with Crippen molar-refractivity contribution < 1.29 is 9.47 Å². The van der Waals surface area contributed by atoms with E-state index >= 15 is 0 Å². The maximum Gasteiger partial charge on any atom is 0.191 e. The molecule has 1 aromatic rings. The number of benzene rings is 1. The first-order valence-electron chi connectivity index (χ1n) is 6.34. The standard InChI is InChI=1S/C14H23ClO2Si/c1-11(2)18(15,12(3)4)14-8-6-13(7-9-14)17-10-16-5/h6-9,11-12H,10H2,1-5H3. The molecule has 4 heteroatoms. The molecule has 0 bridgehead atoms. The predicted octanol–water partition coefficient (Wildman–Crippen LogP) is 3.88. The van der Waals surface area contributed by atoms with Crippen molar-refractivity contribution in [1.29, 1.82) is 0 Å². The number of rotatable bonds is 6. The van der Waals surface area contributed by atoms with E-state index in [2.05, 4.69) is 39.8 Å². The zero-order valence-electron chi connectivity index (χ0n) is 11.9. The Morgan fingerprint density at radius 1 is 1.06 bits per heavy atom. The van der Waals surface area contributed by atoms with Crippen molar-refractivity contribution in [3.63, 3.8) is 0 Å². The van der Waals surface area contributed by atoms with Crippen LogP contribution in [-0.4, -0.2) is 21.3 Å². The summed E-state index contributed by atoms with van der Waals surface area (Å²) in [5.74, 6) is 0.820. The lowest BCUT2D eigenvalue weighted by molar-refractivity contribution is 0.0511. The van der Waals surface area contributed by atoms with E-state index in [1.54, 1.807) is 7.11 Å². The third-order valence-electron chi connectivity index (χ3n) is 3.32. The first kappa shape index (κ1) is 15.5. The number of hydrogen-bond donors (Lipinski definition) is 0. The van der Waals surface area contributed by atoms with Crippen LogP contribution in [0.15, 0.2) is 24.3 Å². The van der Waals surface area contributed by atoms with E-state index in [9.17, 15) is 0 Å². The lowest BCUT2D eigenvalue weighted by Crippen LogP contribution is -2.47. The van der Waals surface area contributed by atoms with Gasteiger partial charge in [0.15, 0.2) is 14.2 Å². The van der Waals surface area contributed by atoms with Crippen LogP contribution in [0, 0.1) is 0 Å². The summed E-state index contributed by atoms with van der Waals surface area (Å²) in [6.45, 7) is 9.14. The van der Waals surface area contributed by atoms with Gasteiger partial charge in [-0.25, -0.2) is 0 Å². The van der Waals surface area contributed by atoms with Crippen LogP contribution in [0.2, 0.25) is 11.1 Å².